The van der Waals surface area contributed by atoms with Crippen LogP contribution in [0, 0.1) is 0 Å². The molecule has 3 atom stereocenters. The molecule has 0 saturated carbocycles. The Hall–Kier alpha value is -5.36. The number of aliphatic hydroxyl groups excluding tert-OH is 1. The summed E-state index contributed by atoms with van der Waals surface area (Å²) in [6.07, 6.45) is 1.91. The van der Waals surface area contributed by atoms with Crippen molar-refractivity contribution >= 4 is 23.2 Å². The molecular formula is C48H55N5O5. The van der Waals surface area contributed by atoms with E-state index in [4.69, 9.17) is 15.2 Å². The Kier molecular flexibility index (Phi) is 14.3. The molecule has 2 saturated heterocycles. The number of rotatable bonds is 16. The molecule has 0 unspecified atom stereocenters. The highest BCUT2D eigenvalue weighted by atomic mass is 16.7. The fourth-order valence-corrected chi connectivity index (χ4v) is 7.70. The van der Waals surface area contributed by atoms with Crippen LogP contribution in [-0.4, -0.2) is 65.5 Å². The number of para-hydroxylation sites is 2. The Bertz CT molecular complexity index is 2090. The van der Waals surface area contributed by atoms with E-state index in [0.29, 0.717) is 43.6 Å². The lowest BCUT2D eigenvalue weighted by atomic mass is 9.98. The summed E-state index contributed by atoms with van der Waals surface area (Å²) in [4.78, 5) is 30.1. The van der Waals surface area contributed by atoms with E-state index in [-0.39, 0.29) is 30.6 Å². The van der Waals surface area contributed by atoms with Crippen molar-refractivity contribution in [2.75, 3.05) is 43.8 Å². The minimum absolute atomic E-state index is 0.00473. The second-order valence-corrected chi connectivity index (χ2v) is 15.4. The van der Waals surface area contributed by atoms with Crippen LogP contribution in [0.1, 0.15) is 72.3 Å². The highest BCUT2D eigenvalue weighted by Crippen LogP contribution is 2.39. The van der Waals surface area contributed by atoms with E-state index in [1.54, 1.807) is 12.1 Å². The maximum absolute atomic E-state index is 12.7. The van der Waals surface area contributed by atoms with Crippen LogP contribution in [0.15, 0.2) is 127 Å². The zero-order valence-electron chi connectivity index (χ0n) is 33.1. The van der Waals surface area contributed by atoms with Gasteiger partial charge in [0, 0.05) is 70.6 Å². The van der Waals surface area contributed by atoms with Crippen LogP contribution in [0.3, 0.4) is 0 Å². The minimum Gasteiger partial charge on any atom is -0.397 e. The molecule has 2 fully saturated rings. The molecule has 0 aliphatic carbocycles. The van der Waals surface area contributed by atoms with Gasteiger partial charge >= 0.3 is 0 Å². The Balaban J connectivity index is 0.943. The fourth-order valence-electron chi connectivity index (χ4n) is 7.70. The summed E-state index contributed by atoms with van der Waals surface area (Å²) in [5.41, 5.74) is 14.4. The summed E-state index contributed by atoms with van der Waals surface area (Å²) < 4.78 is 13.5. The van der Waals surface area contributed by atoms with Gasteiger partial charge in [-0.3, -0.25) is 19.4 Å². The van der Waals surface area contributed by atoms with E-state index in [0.717, 1.165) is 79.1 Å². The Morgan fingerprint density at radius 2 is 1.34 bits per heavy atom. The van der Waals surface area contributed by atoms with Gasteiger partial charge in [0.1, 0.15) is 0 Å². The number of benzene rings is 5. The van der Waals surface area contributed by atoms with E-state index < -0.39 is 6.29 Å². The first-order valence-corrected chi connectivity index (χ1v) is 20.5. The van der Waals surface area contributed by atoms with Gasteiger partial charge in [0.2, 0.25) is 11.8 Å². The first-order chi connectivity index (χ1) is 28.4. The van der Waals surface area contributed by atoms with E-state index in [2.05, 4.69) is 93.2 Å². The lowest BCUT2D eigenvalue weighted by molar-refractivity contribution is -0.253. The molecule has 2 heterocycles. The highest BCUT2D eigenvalue weighted by molar-refractivity contribution is 5.93. The van der Waals surface area contributed by atoms with Crippen LogP contribution in [0.4, 0.5) is 11.4 Å². The largest absolute Gasteiger partial charge is 0.397 e. The minimum atomic E-state index is -0.550. The number of nitrogens with two attached hydrogens (primary N) is 1. The molecule has 2 amide bonds. The second kappa shape index (κ2) is 20.4. The standard InChI is InChI=1S/C48H55N5O5/c49-43-16-4-5-17-44(43)51-47(56)19-7-6-18-46(55)50-31-37-12-8-13-39(28-37)40-14-9-15-41(29-40)48-57-42(30-45(58-48)38-22-20-36(34-54)21-23-38)33-53-26-24-52(25-27-53)32-35-10-2-1-3-11-35/h1-5,8-17,20-23,28-29,42,45,48,54H,6-7,18-19,24-27,30-34,49H2,(H,50,55)(H,51,56)/t42-,45+,48+/m1/s1. The number of hydrogen-bond donors (Lipinski definition) is 4. The molecular weight excluding hydrogens is 727 g/mol. The van der Waals surface area contributed by atoms with Crippen LogP contribution in [0.25, 0.3) is 11.1 Å². The molecule has 58 heavy (non-hydrogen) atoms. The topological polar surface area (TPSA) is 129 Å². The van der Waals surface area contributed by atoms with Gasteiger partial charge in [-0.05, 0) is 70.5 Å². The van der Waals surface area contributed by atoms with Crippen molar-refractivity contribution in [2.45, 2.75) is 70.3 Å². The van der Waals surface area contributed by atoms with Crippen molar-refractivity contribution in [1.82, 2.24) is 15.1 Å². The van der Waals surface area contributed by atoms with Crippen molar-refractivity contribution in [2.24, 2.45) is 0 Å². The summed E-state index contributed by atoms with van der Waals surface area (Å²) in [6, 6.07) is 42.4. The number of ether oxygens (including phenoxy) is 2. The third kappa shape index (κ3) is 11.6. The quantitative estimate of drug-likeness (QED) is 0.0595. The number of unbranched alkanes of at least 4 members (excludes halogenated alkanes) is 1. The molecule has 0 spiro atoms. The average Bonchev–Trinajstić information content (AvgIpc) is 3.26. The molecule has 0 bridgehead atoms. The number of nitrogens with zero attached hydrogens (tertiary/aromatic N) is 2. The van der Waals surface area contributed by atoms with Gasteiger partial charge in [-0.1, -0.05) is 103 Å². The van der Waals surface area contributed by atoms with Gasteiger partial charge in [-0.2, -0.15) is 0 Å². The number of aliphatic hydroxyl groups is 1. The molecule has 5 N–H and O–H groups in total. The number of piperazine rings is 1. The predicted octanol–water partition coefficient (Wildman–Crippen LogP) is 7.61. The van der Waals surface area contributed by atoms with Gasteiger partial charge in [0.25, 0.3) is 0 Å². The van der Waals surface area contributed by atoms with Crippen LogP contribution < -0.4 is 16.4 Å². The molecule has 2 aliphatic heterocycles. The van der Waals surface area contributed by atoms with Gasteiger partial charge in [-0.25, -0.2) is 0 Å². The number of carbonyl (C=O) groups is 2. The Morgan fingerprint density at radius 3 is 2.10 bits per heavy atom. The molecule has 2 aliphatic rings. The van der Waals surface area contributed by atoms with Gasteiger partial charge < -0.3 is 30.9 Å². The number of hydrogen-bond acceptors (Lipinski definition) is 8. The highest BCUT2D eigenvalue weighted by Gasteiger charge is 2.34. The Morgan fingerprint density at radius 1 is 0.672 bits per heavy atom. The monoisotopic (exact) mass is 781 g/mol. The normalized spacial score (nSPS) is 18.7. The average molecular weight is 782 g/mol. The number of amides is 2. The first-order valence-electron chi connectivity index (χ1n) is 20.5. The maximum Gasteiger partial charge on any atom is 0.224 e. The molecule has 302 valence electrons. The lowest BCUT2D eigenvalue weighted by Crippen LogP contribution is -2.49. The SMILES string of the molecule is Nc1ccccc1NC(=O)CCCCC(=O)NCc1cccc(-c2cccc([C@H]3O[C@@H](CN4CCN(Cc5ccccc5)CC4)C[C@@H](c4ccc(CO)cc4)O3)c2)c1. The number of nitrogen functional groups attached to an aromatic ring is 1. The first kappa shape index (κ1) is 40.8. The summed E-state index contributed by atoms with van der Waals surface area (Å²) in [7, 11) is 0. The Labute approximate surface area is 342 Å². The summed E-state index contributed by atoms with van der Waals surface area (Å²) in [5.74, 6) is -0.158. The predicted molar refractivity (Wildman–Crippen MR) is 228 cm³/mol. The van der Waals surface area contributed by atoms with Gasteiger partial charge in [0.05, 0.1) is 30.2 Å². The molecule has 10 nitrogen and oxygen atoms in total. The van der Waals surface area contributed by atoms with Gasteiger partial charge in [0.15, 0.2) is 6.29 Å². The van der Waals surface area contributed by atoms with Crippen LogP contribution in [0.2, 0.25) is 0 Å². The van der Waals surface area contributed by atoms with Crippen molar-refractivity contribution < 1.29 is 24.2 Å². The molecule has 0 aromatic heterocycles. The third-order valence-corrected chi connectivity index (χ3v) is 11.0. The summed E-state index contributed by atoms with van der Waals surface area (Å²) in [6.45, 7) is 6.24. The molecule has 7 rings (SSSR count). The smallest absolute Gasteiger partial charge is 0.224 e. The second-order valence-electron chi connectivity index (χ2n) is 15.4. The van der Waals surface area contributed by atoms with Crippen LogP contribution in [-0.2, 0) is 38.8 Å². The molecule has 5 aromatic carbocycles. The molecule has 10 heteroatoms. The zero-order valence-corrected chi connectivity index (χ0v) is 33.1. The van der Waals surface area contributed by atoms with Crippen molar-refractivity contribution in [3.8, 4) is 11.1 Å². The van der Waals surface area contributed by atoms with E-state index in [9.17, 15) is 14.7 Å². The van der Waals surface area contributed by atoms with Crippen molar-refractivity contribution in [3.63, 3.8) is 0 Å². The van der Waals surface area contributed by atoms with Gasteiger partial charge in [-0.15, -0.1) is 0 Å². The van der Waals surface area contributed by atoms with Crippen LogP contribution in [0.5, 0.6) is 0 Å². The maximum atomic E-state index is 12.7. The lowest BCUT2D eigenvalue weighted by Gasteiger charge is -2.41. The van der Waals surface area contributed by atoms with Crippen molar-refractivity contribution in [3.05, 3.63) is 155 Å². The van der Waals surface area contributed by atoms with Crippen LogP contribution >= 0.6 is 0 Å². The van der Waals surface area contributed by atoms with E-state index in [1.165, 1.54) is 5.56 Å². The van der Waals surface area contributed by atoms with E-state index in [1.807, 2.05) is 42.5 Å². The zero-order chi connectivity index (χ0) is 40.1. The molecule has 5 aromatic rings. The summed E-state index contributed by atoms with van der Waals surface area (Å²) >= 11 is 0. The van der Waals surface area contributed by atoms with Crippen molar-refractivity contribution in [1.29, 1.82) is 0 Å². The molecule has 0 radical (unpaired) electrons. The number of carbonyl (C=O) groups excluding carboxylic acids is 2. The third-order valence-electron chi connectivity index (χ3n) is 11.0. The van der Waals surface area contributed by atoms with E-state index >= 15 is 0 Å². The number of anilines is 2. The fraction of sp³-hybridized carbons (Fsp3) is 0.333. The number of nitrogens with one attached hydrogen (secondary N) is 2. The summed E-state index contributed by atoms with van der Waals surface area (Å²) in [5, 5.41) is 15.5.